The number of amides is 2. The summed E-state index contributed by atoms with van der Waals surface area (Å²) >= 11 is 1.17. The highest BCUT2D eigenvalue weighted by Crippen LogP contribution is 2.23. The number of nitrogens with one attached hydrogen (secondary N) is 2. The molecular weight excluding hydrogens is 254 g/mol. The Balaban J connectivity index is 2.80. The molecule has 0 aliphatic rings. The Hall–Kier alpha value is -1.89. The molecule has 7 heteroatoms. The Morgan fingerprint density at radius 1 is 1.50 bits per heavy atom. The second-order valence-electron chi connectivity index (χ2n) is 3.33. The predicted molar refractivity (Wildman–Crippen MR) is 72.1 cm³/mol. The number of phenolic OH excluding ortho intramolecular Hbond substituents is 1. The highest BCUT2D eigenvalue weighted by Gasteiger charge is 2.06. The van der Waals surface area contributed by atoms with Crippen molar-refractivity contribution in [3.63, 3.8) is 0 Å². The summed E-state index contributed by atoms with van der Waals surface area (Å²) in [6, 6.07) is 4.43. The van der Waals surface area contributed by atoms with Gasteiger partial charge in [-0.05, 0) is 19.1 Å². The lowest BCUT2D eigenvalue weighted by Crippen LogP contribution is -2.27. The van der Waals surface area contributed by atoms with E-state index in [4.69, 9.17) is 4.74 Å². The number of methoxy groups -OCH3 is 1. The van der Waals surface area contributed by atoms with Crippen LogP contribution in [0.25, 0.3) is 0 Å². The van der Waals surface area contributed by atoms with E-state index in [1.807, 2.05) is 0 Å². The molecule has 0 saturated heterocycles. The topological polar surface area (TPSA) is 83.0 Å². The van der Waals surface area contributed by atoms with Crippen molar-refractivity contribution in [2.24, 2.45) is 5.10 Å². The van der Waals surface area contributed by atoms with Crippen LogP contribution in [0.1, 0.15) is 12.5 Å². The van der Waals surface area contributed by atoms with Gasteiger partial charge in [0.2, 0.25) is 0 Å². The molecule has 0 fully saturated rings. The number of rotatable bonds is 4. The van der Waals surface area contributed by atoms with Gasteiger partial charge < -0.3 is 9.84 Å². The summed E-state index contributed by atoms with van der Waals surface area (Å²) in [5.41, 5.74) is 3.33. The third-order valence-electron chi connectivity index (χ3n) is 2.11. The Labute approximate surface area is 110 Å². The van der Waals surface area contributed by atoms with Gasteiger partial charge in [-0.3, -0.25) is 4.72 Å². The minimum Gasteiger partial charge on any atom is -0.507 e. The van der Waals surface area contributed by atoms with Crippen LogP contribution in [-0.2, 0) is 0 Å². The molecule has 1 rings (SSSR count). The van der Waals surface area contributed by atoms with Gasteiger partial charge in [0.1, 0.15) is 11.5 Å². The lowest BCUT2D eigenvalue weighted by atomic mass is 10.1. The molecule has 0 aliphatic heterocycles. The van der Waals surface area contributed by atoms with E-state index in [1.165, 1.54) is 25.1 Å². The second-order valence-corrected chi connectivity index (χ2v) is 3.94. The Bertz CT molecular complexity index is 463. The second kappa shape index (κ2) is 6.75. The summed E-state index contributed by atoms with van der Waals surface area (Å²) in [6.45, 7) is 1.68. The number of urea groups is 1. The summed E-state index contributed by atoms with van der Waals surface area (Å²) in [5.74, 6) is 0.597. The molecular formula is C11H15N3O3S. The number of hydrazone groups is 1. The maximum atomic E-state index is 11.1. The third kappa shape index (κ3) is 3.85. The smallest absolute Gasteiger partial charge is 0.345 e. The quantitative estimate of drug-likeness (QED) is 0.441. The summed E-state index contributed by atoms with van der Waals surface area (Å²) in [7, 11) is 1.52. The van der Waals surface area contributed by atoms with E-state index >= 15 is 0 Å². The zero-order valence-electron chi connectivity index (χ0n) is 10.4. The number of carbonyl (C=O) groups excluding carboxylic acids is 1. The van der Waals surface area contributed by atoms with Crippen LogP contribution in [0.15, 0.2) is 23.3 Å². The number of hydrogen-bond donors (Lipinski definition) is 3. The summed E-state index contributed by atoms with van der Waals surface area (Å²) in [5, 5.41) is 13.6. The maximum Gasteiger partial charge on any atom is 0.345 e. The lowest BCUT2D eigenvalue weighted by molar-refractivity contribution is 0.247. The lowest BCUT2D eigenvalue weighted by Gasteiger charge is -2.07. The minimum absolute atomic E-state index is 0.0441. The monoisotopic (exact) mass is 269 g/mol. The summed E-state index contributed by atoms with van der Waals surface area (Å²) in [4.78, 5) is 11.1. The van der Waals surface area contributed by atoms with Crippen molar-refractivity contribution in [3.8, 4) is 11.5 Å². The maximum absolute atomic E-state index is 11.1. The third-order valence-corrected chi connectivity index (χ3v) is 2.50. The van der Waals surface area contributed by atoms with Crippen molar-refractivity contribution in [1.82, 2.24) is 10.1 Å². The highest BCUT2D eigenvalue weighted by atomic mass is 32.2. The van der Waals surface area contributed by atoms with Crippen LogP contribution in [0.4, 0.5) is 4.79 Å². The van der Waals surface area contributed by atoms with Crippen molar-refractivity contribution in [3.05, 3.63) is 23.8 Å². The molecule has 18 heavy (non-hydrogen) atoms. The number of nitrogens with zero attached hydrogens (tertiary/aromatic N) is 1. The fourth-order valence-electron chi connectivity index (χ4n) is 1.25. The van der Waals surface area contributed by atoms with Gasteiger partial charge in [-0.2, -0.15) is 5.10 Å². The van der Waals surface area contributed by atoms with Crippen LogP contribution < -0.4 is 14.9 Å². The average molecular weight is 269 g/mol. The predicted octanol–water partition coefficient (Wildman–Crippen LogP) is 1.70. The van der Waals surface area contributed by atoms with Crippen molar-refractivity contribution < 1.29 is 14.6 Å². The van der Waals surface area contributed by atoms with E-state index < -0.39 is 6.03 Å². The van der Waals surface area contributed by atoms with Crippen molar-refractivity contribution >= 4 is 23.7 Å². The molecule has 0 saturated carbocycles. The number of ether oxygens (including phenoxy) is 1. The molecule has 0 spiro atoms. The number of carbonyl (C=O) groups is 1. The first-order valence-corrected chi connectivity index (χ1v) is 6.31. The van der Waals surface area contributed by atoms with Gasteiger partial charge in [0.05, 0.1) is 12.8 Å². The molecule has 0 bridgehead atoms. The molecule has 0 aromatic heterocycles. The average Bonchev–Trinajstić information content (AvgIpc) is 2.36. The summed E-state index contributed by atoms with van der Waals surface area (Å²) in [6.07, 6.45) is 1.73. The zero-order chi connectivity index (χ0) is 13.5. The van der Waals surface area contributed by atoms with Crippen LogP contribution in [-0.4, -0.2) is 30.2 Å². The molecule has 3 N–H and O–H groups in total. The van der Waals surface area contributed by atoms with E-state index in [2.05, 4.69) is 15.2 Å². The Morgan fingerprint density at radius 2 is 2.22 bits per heavy atom. The van der Waals surface area contributed by atoms with Crippen LogP contribution in [0, 0.1) is 0 Å². The van der Waals surface area contributed by atoms with Gasteiger partial charge in [0.15, 0.2) is 0 Å². The Kier molecular flexibility index (Phi) is 5.31. The van der Waals surface area contributed by atoms with Crippen molar-refractivity contribution in [2.75, 3.05) is 13.4 Å². The molecule has 98 valence electrons. The van der Waals surface area contributed by atoms with Gasteiger partial charge >= 0.3 is 6.03 Å². The van der Waals surface area contributed by atoms with Gasteiger partial charge in [-0.1, -0.05) is 11.9 Å². The van der Waals surface area contributed by atoms with Crippen LogP contribution in [0.3, 0.4) is 0 Å². The first-order chi connectivity index (χ1) is 8.58. The van der Waals surface area contributed by atoms with Gasteiger partial charge in [0, 0.05) is 17.9 Å². The van der Waals surface area contributed by atoms with E-state index in [1.54, 1.807) is 25.3 Å². The van der Waals surface area contributed by atoms with Crippen LogP contribution in [0.5, 0.6) is 11.5 Å². The number of aromatic hydroxyl groups is 1. The van der Waals surface area contributed by atoms with E-state index in [0.29, 0.717) is 17.0 Å². The molecule has 6 nitrogen and oxygen atoms in total. The summed E-state index contributed by atoms with van der Waals surface area (Å²) < 4.78 is 7.44. The first-order valence-electron chi connectivity index (χ1n) is 5.09. The molecule has 0 aliphatic carbocycles. The SMILES string of the molecule is COc1ccc(/C(C)=N/NC(=O)NSC)c(O)c1. The van der Waals surface area contributed by atoms with Crippen molar-refractivity contribution in [2.45, 2.75) is 6.92 Å². The van der Waals surface area contributed by atoms with Gasteiger partial charge in [0.25, 0.3) is 0 Å². The van der Waals surface area contributed by atoms with Gasteiger partial charge in [-0.15, -0.1) is 0 Å². The molecule has 0 atom stereocenters. The highest BCUT2D eigenvalue weighted by molar-refractivity contribution is 7.97. The number of phenols is 1. The van der Waals surface area contributed by atoms with Crippen LogP contribution >= 0.6 is 11.9 Å². The molecule has 0 heterocycles. The standard InChI is InChI=1S/C11H15N3O3S/c1-7(12-13-11(16)14-18-3)9-5-4-8(17-2)6-10(9)15/h4-6,15H,1-3H3,(H2,13,14,16)/b12-7+. The van der Waals surface area contributed by atoms with E-state index in [0.717, 1.165) is 0 Å². The molecule has 0 unspecified atom stereocenters. The van der Waals surface area contributed by atoms with Crippen molar-refractivity contribution in [1.29, 1.82) is 0 Å². The molecule has 2 amide bonds. The Morgan fingerprint density at radius 3 is 2.78 bits per heavy atom. The number of benzene rings is 1. The molecule has 1 aromatic rings. The van der Waals surface area contributed by atoms with Crippen LogP contribution in [0.2, 0.25) is 0 Å². The fourth-order valence-corrected chi connectivity index (χ4v) is 1.49. The minimum atomic E-state index is -0.421. The van der Waals surface area contributed by atoms with Gasteiger partial charge in [-0.25, -0.2) is 10.2 Å². The fraction of sp³-hybridized carbons (Fsp3) is 0.273. The molecule has 1 aromatic carbocycles. The first kappa shape index (κ1) is 14.2. The number of hydrogen-bond acceptors (Lipinski definition) is 5. The van der Waals surface area contributed by atoms with E-state index in [9.17, 15) is 9.90 Å². The van der Waals surface area contributed by atoms with E-state index in [-0.39, 0.29) is 5.75 Å². The zero-order valence-corrected chi connectivity index (χ0v) is 11.2. The molecule has 0 radical (unpaired) electrons. The largest absolute Gasteiger partial charge is 0.507 e. The normalized spacial score (nSPS) is 10.9.